The first-order valence-corrected chi connectivity index (χ1v) is 5.16. The van der Waals surface area contributed by atoms with E-state index in [4.69, 9.17) is 4.74 Å². The maximum atomic E-state index is 10.2. The lowest BCUT2D eigenvalue weighted by atomic mass is 10.1. The van der Waals surface area contributed by atoms with E-state index in [1.807, 2.05) is 13.0 Å². The van der Waals surface area contributed by atoms with Crippen molar-refractivity contribution < 1.29 is 9.84 Å². The molecule has 5 nitrogen and oxygen atoms in total. The lowest BCUT2D eigenvalue weighted by Gasteiger charge is -2.10. The third-order valence-corrected chi connectivity index (χ3v) is 2.36. The van der Waals surface area contributed by atoms with Gasteiger partial charge in [0.25, 0.3) is 0 Å². The summed E-state index contributed by atoms with van der Waals surface area (Å²) in [5, 5.41) is 10.2. The van der Waals surface area contributed by atoms with Gasteiger partial charge in [0.15, 0.2) is 0 Å². The molecule has 0 bridgehead atoms. The lowest BCUT2D eigenvalue weighted by Crippen LogP contribution is -2.04. The molecule has 2 aromatic rings. The molecule has 0 aliphatic heterocycles. The number of methoxy groups -OCH3 is 1. The Labute approximate surface area is 99.2 Å². The Balaban J connectivity index is 2.33. The maximum Gasteiger partial charge on any atom is 0.216 e. The number of hydrogen-bond donors (Lipinski definition) is 1. The number of aromatic nitrogens is 3. The Hall–Kier alpha value is -2.01. The van der Waals surface area contributed by atoms with Gasteiger partial charge in [-0.3, -0.25) is 4.98 Å². The molecular weight excluding hydrogens is 218 g/mol. The average molecular weight is 231 g/mol. The molecule has 1 atom stereocenters. The van der Waals surface area contributed by atoms with Crippen molar-refractivity contribution in [1.82, 2.24) is 15.0 Å². The van der Waals surface area contributed by atoms with Gasteiger partial charge in [0.05, 0.1) is 12.8 Å². The minimum absolute atomic E-state index is 0.426. The lowest BCUT2D eigenvalue weighted by molar-refractivity contribution is 0.213. The Morgan fingerprint density at radius 2 is 2.06 bits per heavy atom. The Morgan fingerprint density at radius 1 is 1.24 bits per heavy atom. The van der Waals surface area contributed by atoms with Crippen molar-refractivity contribution in [2.75, 3.05) is 7.11 Å². The zero-order valence-electron chi connectivity index (χ0n) is 9.66. The van der Waals surface area contributed by atoms with Crippen LogP contribution in [0.15, 0.2) is 30.9 Å². The van der Waals surface area contributed by atoms with Crippen LogP contribution >= 0.6 is 0 Å². The van der Waals surface area contributed by atoms with E-state index < -0.39 is 6.10 Å². The van der Waals surface area contributed by atoms with Crippen LogP contribution in [0.5, 0.6) is 5.88 Å². The molecule has 0 radical (unpaired) electrons. The zero-order chi connectivity index (χ0) is 12.3. The quantitative estimate of drug-likeness (QED) is 0.861. The van der Waals surface area contributed by atoms with Gasteiger partial charge in [-0.25, -0.2) is 9.97 Å². The fourth-order valence-electron chi connectivity index (χ4n) is 1.51. The summed E-state index contributed by atoms with van der Waals surface area (Å²) in [5.74, 6) is 0.426. The van der Waals surface area contributed by atoms with E-state index in [1.165, 1.54) is 13.4 Å². The molecule has 0 saturated carbocycles. The first-order chi connectivity index (χ1) is 8.20. The minimum atomic E-state index is -0.820. The van der Waals surface area contributed by atoms with Crippen LogP contribution in [-0.2, 0) is 0 Å². The van der Waals surface area contributed by atoms with Crippen LogP contribution < -0.4 is 4.74 Å². The molecule has 0 spiro atoms. The molecule has 88 valence electrons. The summed E-state index contributed by atoms with van der Waals surface area (Å²) in [4.78, 5) is 12.0. The van der Waals surface area contributed by atoms with Gasteiger partial charge in [-0.05, 0) is 12.5 Å². The van der Waals surface area contributed by atoms with Crippen molar-refractivity contribution in [2.24, 2.45) is 0 Å². The standard InChI is InChI=1S/C12H13N3O2/c1-8-3-9(6-13-5-8)12(16)10-4-11(17-2)15-7-14-10/h3-7,12,16H,1-2H3. The van der Waals surface area contributed by atoms with Crippen molar-refractivity contribution in [1.29, 1.82) is 0 Å². The SMILES string of the molecule is COc1cc(C(O)c2cncc(C)c2)ncn1. The van der Waals surface area contributed by atoms with Crippen molar-refractivity contribution in [3.8, 4) is 5.88 Å². The van der Waals surface area contributed by atoms with Crippen molar-refractivity contribution in [3.05, 3.63) is 47.7 Å². The van der Waals surface area contributed by atoms with E-state index >= 15 is 0 Å². The van der Waals surface area contributed by atoms with E-state index in [0.29, 0.717) is 17.1 Å². The van der Waals surface area contributed by atoms with E-state index in [2.05, 4.69) is 15.0 Å². The van der Waals surface area contributed by atoms with Crippen LogP contribution in [0.2, 0.25) is 0 Å². The molecule has 17 heavy (non-hydrogen) atoms. The van der Waals surface area contributed by atoms with Crippen LogP contribution in [0.1, 0.15) is 22.9 Å². The number of aliphatic hydroxyl groups excluding tert-OH is 1. The Morgan fingerprint density at radius 3 is 2.76 bits per heavy atom. The molecule has 1 N–H and O–H groups in total. The minimum Gasteiger partial charge on any atom is -0.481 e. The molecule has 2 aromatic heterocycles. The molecule has 2 rings (SSSR count). The summed E-state index contributed by atoms with van der Waals surface area (Å²) in [6.07, 6.45) is 3.89. The number of rotatable bonds is 3. The van der Waals surface area contributed by atoms with Gasteiger partial charge in [0.2, 0.25) is 5.88 Å². The van der Waals surface area contributed by atoms with Crippen LogP contribution in [0.4, 0.5) is 0 Å². The molecular formula is C12H13N3O2. The smallest absolute Gasteiger partial charge is 0.216 e. The van der Waals surface area contributed by atoms with Gasteiger partial charge in [0.1, 0.15) is 12.4 Å². The molecule has 0 fully saturated rings. The second-order valence-electron chi connectivity index (χ2n) is 3.68. The van der Waals surface area contributed by atoms with Crippen molar-refractivity contribution in [2.45, 2.75) is 13.0 Å². The number of aliphatic hydroxyl groups is 1. The molecule has 0 aliphatic carbocycles. The first-order valence-electron chi connectivity index (χ1n) is 5.16. The fraction of sp³-hybridized carbons (Fsp3) is 0.250. The summed E-state index contributed by atoms with van der Waals surface area (Å²) in [6.45, 7) is 1.92. The highest BCUT2D eigenvalue weighted by Gasteiger charge is 2.13. The van der Waals surface area contributed by atoms with Gasteiger partial charge in [-0.1, -0.05) is 6.07 Å². The van der Waals surface area contributed by atoms with E-state index in [0.717, 1.165) is 5.56 Å². The summed E-state index contributed by atoms with van der Waals surface area (Å²) in [6, 6.07) is 3.47. The number of nitrogens with zero attached hydrogens (tertiary/aromatic N) is 3. The average Bonchev–Trinajstić information content (AvgIpc) is 2.38. The topological polar surface area (TPSA) is 68.1 Å². The summed E-state index contributed by atoms with van der Waals surface area (Å²) >= 11 is 0. The summed E-state index contributed by atoms with van der Waals surface area (Å²) in [5.41, 5.74) is 2.18. The number of pyridine rings is 1. The Kier molecular flexibility index (Phi) is 3.30. The Bertz CT molecular complexity index is 517. The van der Waals surface area contributed by atoms with Crippen LogP contribution in [0.25, 0.3) is 0 Å². The molecule has 5 heteroatoms. The summed E-state index contributed by atoms with van der Waals surface area (Å²) < 4.78 is 4.99. The molecule has 0 aromatic carbocycles. The van der Waals surface area contributed by atoms with E-state index in [1.54, 1.807) is 18.5 Å². The highest BCUT2D eigenvalue weighted by molar-refractivity contribution is 5.27. The maximum absolute atomic E-state index is 10.2. The van der Waals surface area contributed by atoms with Crippen LogP contribution in [0.3, 0.4) is 0 Å². The van der Waals surface area contributed by atoms with E-state index in [-0.39, 0.29) is 0 Å². The first kappa shape index (κ1) is 11.5. The van der Waals surface area contributed by atoms with Crippen molar-refractivity contribution in [3.63, 3.8) is 0 Å². The fourth-order valence-corrected chi connectivity index (χ4v) is 1.51. The van der Waals surface area contributed by atoms with Crippen LogP contribution in [0, 0.1) is 6.92 Å². The predicted molar refractivity (Wildman–Crippen MR) is 61.6 cm³/mol. The molecule has 2 heterocycles. The molecule has 0 saturated heterocycles. The van der Waals surface area contributed by atoms with Gasteiger partial charge in [-0.2, -0.15) is 0 Å². The van der Waals surface area contributed by atoms with Gasteiger partial charge >= 0.3 is 0 Å². The normalized spacial score (nSPS) is 12.2. The molecule has 0 aliphatic rings. The van der Waals surface area contributed by atoms with Gasteiger partial charge in [-0.15, -0.1) is 0 Å². The highest BCUT2D eigenvalue weighted by atomic mass is 16.5. The van der Waals surface area contributed by atoms with E-state index in [9.17, 15) is 5.11 Å². The number of hydrogen-bond acceptors (Lipinski definition) is 5. The number of aryl methyl sites for hydroxylation is 1. The van der Waals surface area contributed by atoms with Gasteiger partial charge in [0, 0.05) is 24.0 Å². The summed E-state index contributed by atoms with van der Waals surface area (Å²) in [7, 11) is 1.52. The molecule has 1 unspecified atom stereocenters. The highest BCUT2D eigenvalue weighted by Crippen LogP contribution is 2.21. The third-order valence-electron chi connectivity index (χ3n) is 2.36. The second-order valence-corrected chi connectivity index (χ2v) is 3.68. The van der Waals surface area contributed by atoms with Crippen molar-refractivity contribution >= 4 is 0 Å². The zero-order valence-corrected chi connectivity index (χ0v) is 9.66. The predicted octanol–water partition coefficient (Wildman–Crippen LogP) is 1.27. The largest absolute Gasteiger partial charge is 0.481 e. The second kappa shape index (κ2) is 4.88. The van der Waals surface area contributed by atoms with Gasteiger partial charge < -0.3 is 9.84 Å². The van der Waals surface area contributed by atoms with Crippen LogP contribution in [-0.4, -0.2) is 27.2 Å². The number of ether oxygens (including phenoxy) is 1. The monoisotopic (exact) mass is 231 g/mol. The molecule has 0 amide bonds. The third kappa shape index (κ3) is 2.57.